The SMILES string of the molecule is C=C(C)[C@@H]1CC[C@]2(C(=O)O)CC[C@]3(C)[C@H](CC[C@@H]4[C@@]5(C)CCC(=O)C(C)(C)[C@@H]5[C@@H](O)C[C@]43C)[C@@H]12. The van der Waals surface area contributed by atoms with E-state index in [9.17, 15) is 19.8 Å². The maximum absolute atomic E-state index is 12.9. The number of carbonyl (C=O) groups excluding carboxylic acids is 1. The summed E-state index contributed by atoms with van der Waals surface area (Å²) in [5.74, 6) is 0.916. The Hall–Kier alpha value is -1.16. The number of ketones is 1. The Morgan fingerprint density at radius 2 is 1.65 bits per heavy atom. The highest BCUT2D eigenvalue weighted by atomic mass is 16.4. The van der Waals surface area contributed by atoms with E-state index in [0.29, 0.717) is 24.0 Å². The topological polar surface area (TPSA) is 74.6 Å². The molecule has 5 rings (SSSR count). The van der Waals surface area contributed by atoms with Crippen LogP contribution in [-0.4, -0.2) is 28.1 Å². The molecule has 0 heterocycles. The second kappa shape index (κ2) is 7.20. The zero-order valence-electron chi connectivity index (χ0n) is 22.2. The summed E-state index contributed by atoms with van der Waals surface area (Å²) in [5, 5.41) is 22.2. The van der Waals surface area contributed by atoms with Gasteiger partial charge in [-0.25, -0.2) is 0 Å². The smallest absolute Gasteiger partial charge is 0.309 e. The monoisotopic (exact) mass is 470 g/mol. The van der Waals surface area contributed by atoms with Gasteiger partial charge in [-0.3, -0.25) is 9.59 Å². The fourth-order valence-electron chi connectivity index (χ4n) is 11.5. The van der Waals surface area contributed by atoms with E-state index in [-0.39, 0.29) is 34.0 Å². The fourth-order valence-corrected chi connectivity index (χ4v) is 11.5. The first-order chi connectivity index (χ1) is 15.7. The molecular weight excluding hydrogens is 424 g/mol. The van der Waals surface area contributed by atoms with Crippen LogP contribution < -0.4 is 0 Å². The first-order valence-electron chi connectivity index (χ1n) is 13.8. The van der Waals surface area contributed by atoms with E-state index >= 15 is 0 Å². The minimum atomic E-state index is -0.615. The van der Waals surface area contributed by atoms with Crippen molar-refractivity contribution in [3.05, 3.63) is 12.2 Å². The van der Waals surface area contributed by atoms with Gasteiger partial charge in [-0.05, 0) is 98.2 Å². The van der Waals surface area contributed by atoms with Crippen LogP contribution in [0.5, 0.6) is 0 Å². The maximum Gasteiger partial charge on any atom is 0.309 e. The Labute approximate surface area is 206 Å². The lowest BCUT2D eigenvalue weighted by atomic mass is 9.32. The van der Waals surface area contributed by atoms with Crippen LogP contribution in [0.25, 0.3) is 0 Å². The molecular formula is C30H46O4. The van der Waals surface area contributed by atoms with E-state index in [0.717, 1.165) is 56.9 Å². The molecule has 0 bridgehead atoms. The van der Waals surface area contributed by atoms with Gasteiger partial charge in [-0.1, -0.05) is 46.8 Å². The van der Waals surface area contributed by atoms with Crippen molar-refractivity contribution < 1.29 is 19.8 Å². The molecule has 190 valence electrons. The summed E-state index contributed by atoms with van der Waals surface area (Å²) < 4.78 is 0. The van der Waals surface area contributed by atoms with E-state index < -0.39 is 22.9 Å². The molecule has 2 N–H and O–H groups in total. The molecule has 0 spiro atoms. The highest BCUT2D eigenvalue weighted by molar-refractivity contribution is 5.85. The Kier molecular flexibility index (Phi) is 5.20. The zero-order valence-corrected chi connectivity index (χ0v) is 22.2. The van der Waals surface area contributed by atoms with E-state index in [1.807, 2.05) is 0 Å². The van der Waals surface area contributed by atoms with Crippen LogP contribution in [0.1, 0.15) is 99.3 Å². The first kappa shape index (κ1) is 24.5. The number of aliphatic carboxylic acids is 1. The van der Waals surface area contributed by atoms with Gasteiger partial charge in [0.05, 0.1) is 11.5 Å². The van der Waals surface area contributed by atoms with Crippen molar-refractivity contribution in [2.24, 2.45) is 56.7 Å². The van der Waals surface area contributed by atoms with Crippen LogP contribution in [0, 0.1) is 56.7 Å². The van der Waals surface area contributed by atoms with Gasteiger partial charge < -0.3 is 10.2 Å². The van der Waals surface area contributed by atoms with Crippen LogP contribution in [-0.2, 0) is 9.59 Å². The Morgan fingerprint density at radius 3 is 2.26 bits per heavy atom. The predicted octanol–water partition coefficient (Wildman–Crippen LogP) is 6.27. The molecule has 0 unspecified atom stereocenters. The molecule has 0 amide bonds. The molecule has 5 aliphatic rings. The number of hydrogen-bond acceptors (Lipinski definition) is 3. The highest BCUT2D eigenvalue weighted by Gasteiger charge is 2.73. The zero-order chi connectivity index (χ0) is 25.1. The van der Waals surface area contributed by atoms with Crippen molar-refractivity contribution in [1.82, 2.24) is 0 Å². The van der Waals surface area contributed by atoms with E-state index in [4.69, 9.17) is 0 Å². The largest absolute Gasteiger partial charge is 0.481 e. The number of carboxylic acid groups (broad SMARTS) is 1. The van der Waals surface area contributed by atoms with Crippen LogP contribution in [0.15, 0.2) is 12.2 Å². The Bertz CT molecular complexity index is 936. The minimum absolute atomic E-state index is 0.00387. The van der Waals surface area contributed by atoms with Crippen molar-refractivity contribution in [2.75, 3.05) is 0 Å². The van der Waals surface area contributed by atoms with Gasteiger partial charge in [0.1, 0.15) is 5.78 Å². The highest BCUT2D eigenvalue weighted by Crippen LogP contribution is 2.77. The number of hydrogen-bond donors (Lipinski definition) is 2. The molecule has 0 aromatic carbocycles. The molecule has 0 aromatic heterocycles. The van der Waals surface area contributed by atoms with E-state index in [1.54, 1.807) is 0 Å². The van der Waals surface area contributed by atoms with Gasteiger partial charge in [0.25, 0.3) is 0 Å². The normalized spacial score (nSPS) is 53.8. The number of carboxylic acids is 1. The van der Waals surface area contributed by atoms with Gasteiger partial charge >= 0.3 is 5.97 Å². The Balaban J connectivity index is 1.60. The molecule has 4 heteroatoms. The van der Waals surface area contributed by atoms with Gasteiger partial charge in [-0.2, -0.15) is 0 Å². The molecule has 0 saturated heterocycles. The number of aliphatic hydroxyl groups excluding tert-OH is 1. The lowest BCUT2D eigenvalue weighted by Gasteiger charge is -2.72. The van der Waals surface area contributed by atoms with E-state index in [2.05, 4.69) is 48.1 Å². The third kappa shape index (κ3) is 2.70. The molecule has 5 saturated carbocycles. The molecule has 5 aliphatic carbocycles. The Morgan fingerprint density at radius 1 is 0.971 bits per heavy atom. The van der Waals surface area contributed by atoms with Crippen LogP contribution >= 0.6 is 0 Å². The number of aliphatic hydroxyl groups is 1. The summed E-state index contributed by atoms with van der Waals surface area (Å²) in [6, 6.07) is 0. The molecule has 0 radical (unpaired) electrons. The molecule has 4 nitrogen and oxygen atoms in total. The number of fused-ring (bicyclic) bond motifs is 7. The number of allylic oxidation sites excluding steroid dienone is 1. The lowest BCUT2D eigenvalue weighted by Crippen LogP contribution is -2.69. The lowest BCUT2D eigenvalue weighted by molar-refractivity contribution is -0.259. The van der Waals surface area contributed by atoms with E-state index in [1.165, 1.54) is 0 Å². The second-order valence-corrected chi connectivity index (χ2v) is 14.4. The van der Waals surface area contributed by atoms with Gasteiger partial charge in [0.2, 0.25) is 0 Å². The number of carbonyl (C=O) groups is 2. The fraction of sp³-hybridized carbons (Fsp3) is 0.867. The van der Waals surface area contributed by atoms with Crippen molar-refractivity contribution in [3.63, 3.8) is 0 Å². The van der Waals surface area contributed by atoms with Crippen LogP contribution in [0.2, 0.25) is 0 Å². The van der Waals surface area contributed by atoms with Crippen molar-refractivity contribution in [2.45, 2.75) is 105 Å². The minimum Gasteiger partial charge on any atom is -0.481 e. The average Bonchev–Trinajstić information content (AvgIpc) is 3.13. The van der Waals surface area contributed by atoms with Crippen LogP contribution in [0.4, 0.5) is 0 Å². The standard InChI is InChI=1S/C30H46O4/c1-17(2)18-10-13-30(25(33)34)15-14-28(6)19(23(18)30)8-9-21-27(5)12-11-22(32)26(3,4)24(27)20(31)16-29(21,28)7/h18-21,23-24,31H,1,8-16H2,2-7H3,(H,33,34)/t18-,19+,20-,21+,23+,24-,27+,28+,29+,30-/m0/s1. The number of Topliss-reactive ketones (excluding diaryl/α,β-unsaturated/α-hetero) is 1. The summed E-state index contributed by atoms with van der Waals surface area (Å²) >= 11 is 0. The second-order valence-electron chi connectivity index (χ2n) is 14.4. The molecule has 0 aliphatic heterocycles. The summed E-state index contributed by atoms with van der Waals surface area (Å²) in [7, 11) is 0. The quantitative estimate of drug-likeness (QED) is 0.467. The predicted molar refractivity (Wildman–Crippen MR) is 133 cm³/mol. The molecule has 0 aromatic rings. The summed E-state index contributed by atoms with van der Waals surface area (Å²) in [4.78, 5) is 25.7. The van der Waals surface area contributed by atoms with Crippen LogP contribution in [0.3, 0.4) is 0 Å². The maximum atomic E-state index is 12.9. The third-order valence-corrected chi connectivity index (χ3v) is 13.1. The van der Waals surface area contributed by atoms with Crippen molar-refractivity contribution >= 4 is 11.8 Å². The van der Waals surface area contributed by atoms with Crippen molar-refractivity contribution in [3.8, 4) is 0 Å². The summed E-state index contributed by atoms with van der Waals surface area (Å²) in [6.07, 6.45) is 7.24. The van der Waals surface area contributed by atoms with Gasteiger partial charge in [-0.15, -0.1) is 0 Å². The summed E-state index contributed by atoms with van der Waals surface area (Å²) in [6.45, 7) is 17.8. The number of rotatable bonds is 2. The molecule has 34 heavy (non-hydrogen) atoms. The first-order valence-corrected chi connectivity index (χ1v) is 13.8. The molecule has 5 fully saturated rings. The third-order valence-electron chi connectivity index (χ3n) is 13.1. The van der Waals surface area contributed by atoms with Gasteiger partial charge in [0.15, 0.2) is 0 Å². The average molecular weight is 471 g/mol. The van der Waals surface area contributed by atoms with Gasteiger partial charge in [0, 0.05) is 17.8 Å². The molecule has 10 atom stereocenters. The summed E-state index contributed by atoms with van der Waals surface area (Å²) in [5.41, 5.74) is -0.110. The van der Waals surface area contributed by atoms with Crippen molar-refractivity contribution in [1.29, 1.82) is 0 Å².